The molecule has 0 aliphatic heterocycles. The van der Waals surface area contributed by atoms with Crippen molar-refractivity contribution in [1.29, 1.82) is 0 Å². The fourth-order valence-corrected chi connectivity index (χ4v) is 1.31. The first-order valence-corrected chi connectivity index (χ1v) is 6.07. The largest absolute Gasteiger partial charge is 0.464 e. The molecule has 0 unspecified atom stereocenters. The lowest BCUT2D eigenvalue weighted by Crippen LogP contribution is -2.14. The van der Waals surface area contributed by atoms with Crippen LogP contribution in [0, 0.1) is 5.41 Å². The van der Waals surface area contributed by atoms with Gasteiger partial charge in [0.25, 0.3) is 0 Å². The summed E-state index contributed by atoms with van der Waals surface area (Å²) in [6.45, 7) is 9.70. The van der Waals surface area contributed by atoms with Gasteiger partial charge in [-0.1, -0.05) is 20.8 Å². The summed E-state index contributed by atoms with van der Waals surface area (Å²) < 4.78 is 5.19. The number of ether oxygens (including phenoxy) is 1. The molecule has 0 aromatic carbocycles. The van der Waals surface area contributed by atoms with Crippen LogP contribution in [0.4, 0.5) is 5.95 Å². The minimum atomic E-state index is 0.140. The van der Waals surface area contributed by atoms with Gasteiger partial charge in [0, 0.05) is 6.54 Å². The molecule has 0 fully saturated rings. The van der Waals surface area contributed by atoms with Crippen LogP contribution in [-0.4, -0.2) is 28.1 Å². The van der Waals surface area contributed by atoms with Gasteiger partial charge in [-0.15, -0.1) is 0 Å². The number of rotatable bonds is 5. The van der Waals surface area contributed by atoms with Crippen molar-refractivity contribution < 1.29 is 4.74 Å². The van der Waals surface area contributed by atoms with E-state index in [1.807, 2.05) is 6.92 Å². The van der Waals surface area contributed by atoms with E-state index in [9.17, 15) is 0 Å². The molecule has 96 valence electrons. The Kier molecular flexibility index (Phi) is 4.93. The lowest BCUT2D eigenvalue weighted by Gasteiger charge is -2.17. The van der Waals surface area contributed by atoms with Crippen molar-refractivity contribution in [2.75, 3.05) is 18.5 Å². The summed E-state index contributed by atoms with van der Waals surface area (Å²) in [6, 6.07) is 0.255. The van der Waals surface area contributed by atoms with Gasteiger partial charge in [-0.2, -0.15) is 15.0 Å². The molecule has 0 saturated carbocycles. The summed E-state index contributed by atoms with van der Waals surface area (Å²) in [7, 11) is 0. The molecule has 5 nitrogen and oxygen atoms in total. The summed E-state index contributed by atoms with van der Waals surface area (Å²) in [5.74, 6) is 0.456. The van der Waals surface area contributed by atoms with Gasteiger partial charge in [-0.05, 0) is 30.4 Å². The Hall–Kier alpha value is -1.10. The lowest BCUT2D eigenvalue weighted by molar-refractivity contribution is 0.312. The molecule has 0 aliphatic carbocycles. The molecule has 0 spiro atoms. The van der Waals surface area contributed by atoms with Crippen molar-refractivity contribution in [3.8, 4) is 6.01 Å². The van der Waals surface area contributed by atoms with Crippen LogP contribution in [-0.2, 0) is 0 Å². The Bertz CT molecular complexity index is 365. The first-order valence-electron chi connectivity index (χ1n) is 5.69. The van der Waals surface area contributed by atoms with Crippen LogP contribution < -0.4 is 10.1 Å². The molecule has 1 aromatic heterocycles. The Morgan fingerprint density at radius 1 is 1.24 bits per heavy atom. The van der Waals surface area contributed by atoms with E-state index in [0.717, 1.165) is 13.0 Å². The van der Waals surface area contributed by atoms with E-state index >= 15 is 0 Å². The molecule has 1 rings (SSSR count). The molecular weight excluding hydrogens is 240 g/mol. The first-order chi connectivity index (χ1) is 7.90. The zero-order valence-corrected chi connectivity index (χ0v) is 11.5. The number of nitrogens with one attached hydrogen (secondary N) is 1. The second-order valence-corrected chi connectivity index (χ2v) is 5.22. The smallest absolute Gasteiger partial charge is 0.322 e. The quantitative estimate of drug-likeness (QED) is 0.880. The van der Waals surface area contributed by atoms with Crippen molar-refractivity contribution in [3.05, 3.63) is 5.28 Å². The average molecular weight is 259 g/mol. The zero-order valence-electron chi connectivity index (χ0n) is 10.7. The van der Waals surface area contributed by atoms with Crippen LogP contribution in [0.3, 0.4) is 0 Å². The van der Waals surface area contributed by atoms with E-state index in [-0.39, 0.29) is 16.7 Å². The van der Waals surface area contributed by atoms with Gasteiger partial charge >= 0.3 is 6.01 Å². The summed E-state index contributed by atoms with van der Waals surface area (Å²) in [5.41, 5.74) is 0.270. The summed E-state index contributed by atoms with van der Waals surface area (Å²) in [5, 5.41) is 3.25. The van der Waals surface area contributed by atoms with Gasteiger partial charge in [0.05, 0.1) is 6.61 Å². The van der Waals surface area contributed by atoms with Crippen LogP contribution in [0.1, 0.15) is 34.1 Å². The van der Waals surface area contributed by atoms with Gasteiger partial charge in [0.15, 0.2) is 0 Å². The van der Waals surface area contributed by atoms with Crippen molar-refractivity contribution in [1.82, 2.24) is 15.0 Å². The highest BCUT2D eigenvalue weighted by Gasteiger charge is 2.10. The predicted octanol–water partition coefficient (Wildman–Crippen LogP) is 2.77. The third-order valence-corrected chi connectivity index (χ3v) is 2.19. The Morgan fingerprint density at radius 2 is 1.94 bits per heavy atom. The van der Waals surface area contributed by atoms with Crippen molar-refractivity contribution in [2.45, 2.75) is 34.1 Å². The number of hydrogen-bond acceptors (Lipinski definition) is 5. The van der Waals surface area contributed by atoms with E-state index < -0.39 is 0 Å². The summed E-state index contributed by atoms with van der Waals surface area (Å²) in [4.78, 5) is 12.0. The van der Waals surface area contributed by atoms with Gasteiger partial charge in [0.1, 0.15) is 0 Å². The standard InChI is InChI=1S/C11H19ClN4O/c1-5-17-10-15-8(12)14-9(16-10)13-7-6-11(2,3)4/h5-7H2,1-4H3,(H,13,14,15,16). The lowest BCUT2D eigenvalue weighted by atomic mass is 9.92. The van der Waals surface area contributed by atoms with Gasteiger partial charge < -0.3 is 10.1 Å². The number of nitrogens with zero attached hydrogens (tertiary/aromatic N) is 3. The van der Waals surface area contributed by atoms with Crippen LogP contribution in [0.5, 0.6) is 6.01 Å². The monoisotopic (exact) mass is 258 g/mol. The molecular formula is C11H19ClN4O. The molecule has 6 heteroatoms. The Morgan fingerprint density at radius 3 is 2.53 bits per heavy atom. The molecule has 1 N–H and O–H groups in total. The topological polar surface area (TPSA) is 59.9 Å². The van der Waals surface area contributed by atoms with Gasteiger partial charge in [-0.25, -0.2) is 0 Å². The van der Waals surface area contributed by atoms with E-state index in [4.69, 9.17) is 16.3 Å². The van der Waals surface area contributed by atoms with Crippen molar-refractivity contribution in [3.63, 3.8) is 0 Å². The predicted molar refractivity (Wildman–Crippen MR) is 68.6 cm³/mol. The molecule has 0 atom stereocenters. The molecule has 0 aliphatic rings. The second kappa shape index (κ2) is 6.00. The number of hydrogen-bond donors (Lipinski definition) is 1. The minimum Gasteiger partial charge on any atom is -0.464 e. The molecule has 0 radical (unpaired) electrons. The van der Waals surface area contributed by atoms with Crippen LogP contribution >= 0.6 is 11.6 Å². The second-order valence-electron chi connectivity index (χ2n) is 4.88. The van der Waals surface area contributed by atoms with E-state index in [1.54, 1.807) is 0 Å². The Balaban J connectivity index is 2.58. The maximum atomic E-state index is 5.77. The zero-order chi connectivity index (χ0) is 12.9. The highest BCUT2D eigenvalue weighted by atomic mass is 35.5. The average Bonchev–Trinajstić information content (AvgIpc) is 2.15. The van der Waals surface area contributed by atoms with E-state index in [0.29, 0.717) is 12.6 Å². The molecule has 1 aromatic rings. The first kappa shape index (κ1) is 14.0. The van der Waals surface area contributed by atoms with Crippen LogP contribution in [0.15, 0.2) is 0 Å². The molecule has 17 heavy (non-hydrogen) atoms. The van der Waals surface area contributed by atoms with Gasteiger partial charge in [-0.3, -0.25) is 0 Å². The van der Waals surface area contributed by atoms with Gasteiger partial charge in [0.2, 0.25) is 11.2 Å². The highest BCUT2D eigenvalue weighted by Crippen LogP contribution is 2.18. The maximum Gasteiger partial charge on any atom is 0.322 e. The Labute approximate surface area is 107 Å². The molecule has 0 bridgehead atoms. The van der Waals surface area contributed by atoms with Crippen molar-refractivity contribution >= 4 is 17.5 Å². The summed E-state index contributed by atoms with van der Waals surface area (Å²) in [6.07, 6.45) is 1.01. The molecule has 0 saturated heterocycles. The maximum absolute atomic E-state index is 5.77. The van der Waals surface area contributed by atoms with Crippen molar-refractivity contribution in [2.24, 2.45) is 5.41 Å². The third-order valence-electron chi connectivity index (χ3n) is 2.02. The number of aromatic nitrogens is 3. The normalized spacial score (nSPS) is 11.4. The highest BCUT2D eigenvalue weighted by molar-refractivity contribution is 6.28. The fraction of sp³-hybridized carbons (Fsp3) is 0.727. The van der Waals surface area contributed by atoms with Crippen LogP contribution in [0.25, 0.3) is 0 Å². The number of anilines is 1. The SMILES string of the molecule is CCOc1nc(Cl)nc(NCCC(C)(C)C)n1. The van der Waals surface area contributed by atoms with E-state index in [2.05, 4.69) is 41.0 Å². The minimum absolute atomic E-state index is 0.140. The van der Waals surface area contributed by atoms with Crippen LogP contribution in [0.2, 0.25) is 5.28 Å². The summed E-state index contributed by atoms with van der Waals surface area (Å²) >= 11 is 5.77. The third kappa shape index (κ3) is 5.68. The van der Waals surface area contributed by atoms with E-state index in [1.165, 1.54) is 0 Å². The fourth-order valence-electron chi connectivity index (χ4n) is 1.15. The molecule has 0 amide bonds. The number of halogens is 1. The molecule has 1 heterocycles.